The Hall–Kier alpha value is 0.460. The van der Waals surface area contributed by atoms with Crippen LogP contribution in [0.5, 0.6) is 0 Å². The van der Waals surface area contributed by atoms with Gasteiger partial charge in [-0.2, -0.15) is 0 Å². The van der Waals surface area contributed by atoms with E-state index in [1.165, 1.54) is 0 Å². The van der Waals surface area contributed by atoms with E-state index in [4.69, 9.17) is 28.3 Å². The van der Waals surface area contributed by atoms with Gasteiger partial charge in [0.1, 0.15) is 0 Å². The molecule has 0 saturated carbocycles. The topological polar surface area (TPSA) is 63.8 Å². The van der Waals surface area contributed by atoms with Crippen molar-refractivity contribution in [1.29, 1.82) is 0 Å². The Kier molecular flexibility index (Phi) is 9.64. The van der Waals surface area contributed by atoms with Gasteiger partial charge in [-0.15, -0.1) is 0 Å². The molecule has 0 heterocycles. The second-order valence-electron chi connectivity index (χ2n) is 0.663. The molecule has 0 aliphatic rings. The molecule has 0 aromatic carbocycles. The average molecular weight is 148 g/mol. The maximum Gasteiger partial charge on any atom is 0.159 e. The maximum absolute atomic E-state index is 7.96. The molecule has 0 atom stereocenters. The van der Waals surface area contributed by atoms with Crippen molar-refractivity contribution in [2.24, 2.45) is 0 Å². The summed E-state index contributed by atoms with van der Waals surface area (Å²) >= 11 is 10.1. The first-order valence-electron chi connectivity index (χ1n) is 1.39. The predicted octanol–water partition coefficient (Wildman–Crippen LogP) is -0.538. The van der Waals surface area contributed by atoms with Crippen molar-refractivity contribution in [2.75, 3.05) is 6.73 Å². The van der Waals surface area contributed by atoms with Crippen molar-refractivity contribution in [3.8, 4) is 0 Å². The van der Waals surface area contributed by atoms with Gasteiger partial charge >= 0.3 is 0 Å². The predicted molar refractivity (Wildman–Crippen MR) is 29.3 cm³/mol. The molecular weight excluding hydrogens is 141 g/mol. The van der Waals surface area contributed by atoms with Gasteiger partial charge in [0.15, 0.2) is 4.96 Å². The molecule has 0 rings (SSSR count). The summed E-state index contributed by atoms with van der Waals surface area (Å²) in [5.41, 5.74) is 0. The Morgan fingerprint density at radius 3 is 2.00 bits per heavy atom. The second kappa shape index (κ2) is 6.46. The van der Waals surface area contributed by atoms with Gasteiger partial charge in [-0.25, -0.2) is 0 Å². The van der Waals surface area contributed by atoms with E-state index in [1.54, 1.807) is 0 Å². The van der Waals surface area contributed by atoms with E-state index in [-0.39, 0.29) is 12.2 Å². The van der Waals surface area contributed by atoms with Gasteiger partial charge in [0.05, 0.1) is 6.73 Å². The summed E-state index contributed by atoms with van der Waals surface area (Å²) in [4.78, 5) is -0.657. The van der Waals surface area contributed by atoms with Gasteiger partial charge in [-0.3, -0.25) is 5.32 Å². The van der Waals surface area contributed by atoms with Crippen molar-refractivity contribution in [1.82, 2.24) is 5.32 Å². The van der Waals surface area contributed by atoms with Crippen LogP contribution >= 0.6 is 23.2 Å². The Balaban J connectivity index is 0. The number of aliphatic hydroxyl groups is 1. The fourth-order valence-electron chi connectivity index (χ4n) is 0.0690. The van der Waals surface area contributed by atoms with E-state index >= 15 is 0 Å². The molecule has 4 N–H and O–H groups in total. The van der Waals surface area contributed by atoms with Crippen molar-refractivity contribution in [2.45, 2.75) is 4.96 Å². The number of nitrogens with one attached hydrogen (secondary N) is 1. The molecule has 0 aromatic rings. The number of alkyl halides is 2. The van der Waals surface area contributed by atoms with Gasteiger partial charge in [0, 0.05) is 0 Å². The lowest BCUT2D eigenvalue weighted by Gasteiger charge is -1.95. The van der Waals surface area contributed by atoms with E-state index in [0.29, 0.717) is 0 Å². The summed E-state index contributed by atoms with van der Waals surface area (Å²) in [7, 11) is 0. The fraction of sp³-hybridized carbons (Fsp3) is 1.00. The summed E-state index contributed by atoms with van der Waals surface area (Å²) in [6.45, 7) is -0.183. The molecule has 0 bridgehead atoms. The van der Waals surface area contributed by atoms with E-state index < -0.39 is 4.96 Å². The first-order chi connectivity index (χ1) is 2.77. The molecule has 46 valence electrons. The van der Waals surface area contributed by atoms with Crippen LogP contribution in [0.4, 0.5) is 0 Å². The highest BCUT2D eigenvalue weighted by Crippen LogP contribution is 1.92. The zero-order valence-corrected chi connectivity index (χ0v) is 5.00. The molecular formula is C2H7Cl2NO2. The minimum atomic E-state index is -0.657. The molecule has 7 heavy (non-hydrogen) atoms. The zero-order valence-electron chi connectivity index (χ0n) is 3.49. The third kappa shape index (κ3) is 10.7. The second-order valence-corrected chi connectivity index (χ2v) is 1.76. The first-order valence-corrected chi connectivity index (χ1v) is 2.27. The quantitative estimate of drug-likeness (QED) is 0.314. The highest BCUT2D eigenvalue weighted by molar-refractivity contribution is 6.43. The van der Waals surface area contributed by atoms with Gasteiger partial charge < -0.3 is 10.6 Å². The van der Waals surface area contributed by atoms with E-state index in [9.17, 15) is 0 Å². The molecule has 5 heteroatoms. The van der Waals surface area contributed by atoms with Crippen LogP contribution in [0.15, 0.2) is 0 Å². The molecule has 0 aliphatic carbocycles. The van der Waals surface area contributed by atoms with Crippen LogP contribution in [-0.4, -0.2) is 22.3 Å². The van der Waals surface area contributed by atoms with Gasteiger partial charge in [0.25, 0.3) is 0 Å². The number of hydrogen-bond donors (Lipinski definition) is 2. The number of rotatable bonds is 2. The average Bonchev–Trinajstić information content (AvgIpc) is 1.35. The van der Waals surface area contributed by atoms with Gasteiger partial charge in [-0.05, 0) is 0 Å². The fourth-order valence-corrected chi connectivity index (χ4v) is 0.207. The zero-order chi connectivity index (χ0) is 4.99. The Morgan fingerprint density at radius 2 is 2.00 bits per heavy atom. The Labute approximate surface area is 51.5 Å². The summed E-state index contributed by atoms with van der Waals surface area (Å²) in [6.07, 6.45) is 0. The van der Waals surface area contributed by atoms with Crippen LogP contribution in [0, 0.1) is 0 Å². The van der Waals surface area contributed by atoms with Crippen LogP contribution in [0.25, 0.3) is 0 Å². The SMILES string of the molecule is O.OCNC(Cl)Cl. The molecule has 0 spiro atoms. The molecule has 0 fully saturated rings. The van der Waals surface area contributed by atoms with E-state index in [0.717, 1.165) is 0 Å². The molecule has 0 aliphatic heterocycles. The number of hydrogen-bond acceptors (Lipinski definition) is 2. The lowest BCUT2D eigenvalue weighted by Crippen LogP contribution is -2.18. The lowest BCUT2D eigenvalue weighted by molar-refractivity contribution is 0.266. The van der Waals surface area contributed by atoms with Crippen molar-refractivity contribution in [3.05, 3.63) is 0 Å². The van der Waals surface area contributed by atoms with E-state index in [2.05, 4.69) is 5.32 Å². The standard InChI is InChI=1S/C2H5Cl2NO.H2O/c3-2(4)5-1-6;/h2,5-6H,1H2;1H2. The monoisotopic (exact) mass is 147 g/mol. The molecule has 0 aromatic heterocycles. The molecule has 0 amide bonds. The summed E-state index contributed by atoms with van der Waals surface area (Å²) in [5, 5.41) is 10.3. The molecule has 3 nitrogen and oxygen atoms in total. The third-order valence-corrected chi connectivity index (χ3v) is 0.554. The van der Waals surface area contributed by atoms with Gasteiger partial charge in [-0.1, -0.05) is 23.2 Å². The van der Waals surface area contributed by atoms with Crippen molar-refractivity contribution < 1.29 is 10.6 Å². The highest BCUT2D eigenvalue weighted by atomic mass is 35.5. The Bertz CT molecular complexity index is 34.9. The summed E-state index contributed by atoms with van der Waals surface area (Å²) in [6, 6.07) is 0. The Morgan fingerprint density at radius 1 is 1.57 bits per heavy atom. The molecule has 0 unspecified atom stereocenters. The highest BCUT2D eigenvalue weighted by Gasteiger charge is 1.89. The third-order valence-electron chi connectivity index (χ3n) is 0.246. The number of halogens is 2. The van der Waals surface area contributed by atoms with Crippen LogP contribution in [0.3, 0.4) is 0 Å². The van der Waals surface area contributed by atoms with Crippen LogP contribution in [0.1, 0.15) is 0 Å². The largest absolute Gasteiger partial charge is 0.412 e. The molecule has 0 saturated heterocycles. The number of aliphatic hydroxyl groups excluding tert-OH is 1. The van der Waals surface area contributed by atoms with Crippen molar-refractivity contribution in [3.63, 3.8) is 0 Å². The van der Waals surface area contributed by atoms with Gasteiger partial charge in [0.2, 0.25) is 0 Å². The van der Waals surface area contributed by atoms with Crippen LogP contribution < -0.4 is 5.32 Å². The first kappa shape index (κ1) is 10.4. The van der Waals surface area contributed by atoms with E-state index in [1.807, 2.05) is 0 Å². The van der Waals surface area contributed by atoms with Crippen LogP contribution in [0.2, 0.25) is 0 Å². The summed E-state index contributed by atoms with van der Waals surface area (Å²) < 4.78 is 0. The smallest absolute Gasteiger partial charge is 0.159 e. The normalized spacial score (nSPS) is 8.57. The minimum absolute atomic E-state index is 0. The van der Waals surface area contributed by atoms with Crippen LogP contribution in [-0.2, 0) is 0 Å². The maximum atomic E-state index is 7.96. The summed E-state index contributed by atoms with van der Waals surface area (Å²) in [5.74, 6) is 0. The van der Waals surface area contributed by atoms with Crippen molar-refractivity contribution >= 4 is 23.2 Å². The lowest BCUT2D eigenvalue weighted by atomic mass is 11.2. The molecule has 0 radical (unpaired) electrons. The minimum Gasteiger partial charge on any atom is -0.412 e.